The van der Waals surface area contributed by atoms with Crippen LogP contribution in [0.2, 0.25) is 0 Å². The van der Waals surface area contributed by atoms with Crippen molar-refractivity contribution in [2.45, 2.75) is 24.5 Å². The molecule has 0 bridgehead atoms. The maximum Gasteiger partial charge on any atom is 0.238 e. The van der Waals surface area contributed by atoms with Gasteiger partial charge in [-0.2, -0.15) is 0 Å². The second-order valence-electron chi connectivity index (χ2n) is 7.86. The number of hydrogen-bond acceptors (Lipinski definition) is 6. The fourth-order valence-electron chi connectivity index (χ4n) is 4.14. The van der Waals surface area contributed by atoms with E-state index >= 15 is 0 Å². The lowest BCUT2D eigenvalue weighted by Gasteiger charge is -2.35. The second-order valence-corrected chi connectivity index (χ2v) is 8.78. The van der Waals surface area contributed by atoms with Gasteiger partial charge in [0.25, 0.3) is 0 Å². The number of methoxy groups -OCH3 is 1. The van der Waals surface area contributed by atoms with Crippen molar-refractivity contribution in [1.82, 2.24) is 21.1 Å². The van der Waals surface area contributed by atoms with Gasteiger partial charge in [0.2, 0.25) is 5.91 Å². The predicted molar refractivity (Wildman–Crippen MR) is 123 cm³/mol. The highest BCUT2D eigenvalue weighted by Crippen LogP contribution is 2.25. The molecule has 2 aromatic carbocycles. The molecule has 3 atom stereocenters. The van der Waals surface area contributed by atoms with Crippen LogP contribution in [0.4, 0.5) is 0 Å². The zero-order chi connectivity index (χ0) is 21.6. The van der Waals surface area contributed by atoms with Crippen LogP contribution >= 0.6 is 15.9 Å². The van der Waals surface area contributed by atoms with Gasteiger partial charge in [0, 0.05) is 30.1 Å². The van der Waals surface area contributed by atoms with Crippen molar-refractivity contribution in [3.63, 3.8) is 0 Å². The van der Waals surface area contributed by atoms with Crippen LogP contribution in [0.1, 0.15) is 29.6 Å². The molecule has 4 rings (SSSR count). The van der Waals surface area contributed by atoms with E-state index in [2.05, 4.69) is 61.3 Å². The molecule has 8 heteroatoms. The first-order valence-corrected chi connectivity index (χ1v) is 11.4. The zero-order valence-electron chi connectivity index (χ0n) is 17.6. The lowest BCUT2D eigenvalue weighted by Crippen LogP contribution is -2.48. The van der Waals surface area contributed by atoms with Crippen LogP contribution in [0.15, 0.2) is 53.0 Å². The van der Waals surface area contributed by atoms with Gasteiger partial charge in [0.05, 0.1) is 26.4 Å². The fourth-order valence-corrected chi connectivity index (χ4v) is 4.40. The number of rotatable bonds is 7. The molecule has 31 heavy (non-hydrogen) atoms. The Morgan fingerprint density at radius 2 is 1.87 bits per heavy atom. The Morgan fingerprint density at radius 1 is 1.16 bits per heavy atom. The largest absolute Gasteiger partial charge is 0.497 e. The van der Waals surface area contributed by atoms with Gasteiger partial charge in [-0.25, -0.2) is 10.9 Å². The van der Waals surface area contributed by atoms with E-state index in [-0.39, 0.29) is 24.0 Å². The van der Waals surface area contributed by atoms with E-state index in [1.54, 1.807) is 7.11 Å². The smallest absolute Gasteiger partial charge is 0.238 e. The molecule has 0 saturated carbocycles. The molecule has 2 aromatic rings. The summed E-state index contributed by atoms with van der Waals surface area (Å²) in [7, 11) is 1.67. The van der Waals surface area contributed by atoms with Gasteiger partial charge in [0.1, 0.15) is 11.8 Å². The number of halogens is 1. The minimum absolute atomic E-state index is 0.0129. The number of nitrogens with one attached hydrogen (secondary N) is 3. The quantitative estimate of drug-likeness (QED) is 0.556. The monoisotopic (exact) mass is 488 g/mol. The molecule has 0 aromatic heterocycles. The third-order valence-electron chi connectivity index (χ3n) is 5.95. The van der Waals surface area contributed by atoms with Crippen molar-refractivity contribution in [2.24, 2.45) is 0 Å². The molecule has 0 aliphatic carbocycles. The number of benzene rings is 2. The predicted octanol–water partition coefficient (Wildman–Crippen LogP) is 2.56. The van der Waals surface area contributed by atoms with Crippen LogP contribution in [-0.2, 0) is 9.53 Å². The number of hydrogen-bond donors (Lipinski definition) is 3. The number of nitrogens with zero attached hydrogens (tertiary/aromatic N) is 1. The summed E-state index contributed by atoms with van der Waals surface area (Å²) in [6.07, 6.45) is 0.707. The van der Waals surface area contributed by atoms with Crippen LogP contribution in [-0.4, -0.2) is 56.8 Å². The van der Waals surface area contributed by atoms with Crippen molar-refractivity contribution in [3.8, 4) is 5.75 Å². The van der Waals surface area contributed by atoms with Crippen LogP contribution < -0.4 is 20.9 Å². The van der Waals surface area contributed by atoms with Crippen LogP contribution in [0.3, 0.4) is 0 Å². The molecule has 1 amide bonds. The Bertz CT molecular complexity index is 856. The van der Waals surface area contributed by atoms with E-state index in [1.165, 1.54) is 0 Å². The highest BCUT2D eigenvalue weighted by atomic mass is 79.9. The second kappa shape index (κ2) is 10.6. The van der Waals surface area contributed by atoms with E-state index in [9.17, 15) is 4.79 Å². The Hall–Kier alpha value is -1.97. The van der Waals surface area contributed by atoms with E-state index in [0.29, 0.717) is 26.2 Å². The zero-order valence-corrected chi connectivity index (χ0v) is 19.2. The number of morpholine rings is 1. The molecule has 2 aliphatic heterocycles. The summed E-state index contributed by atoms with van der Waals surface area (Å²) in [6.45, 7) is 3.67. The maximum atomic E-state index is 12.9. The van der Waals surface area contributed by atoms with Gasteiger partial charge in [-0.15, -0.1) is 0 Å². The molecule has 3 N–H and O–H groups in total. The number of hydrazine groups is 1. The average molecular weight is 489 g/mol. The van der Waals surface area contributed by atoms with Gasteiger partial charge in [0.15, 0.2) is 0 Å². The number of amides is 1. The molecule has 2 aliphatic rings. The van der Waals surface area contributed by atoms with Crippen LogP contribution in [0.25, 0.3) is 0 Å². The summed E-state index contributed by atoms with van der Waals surface area (Å²) in [5.74, 6) is 0.840. The van der Waals surface area contributed by atoms with Gasteiger partial charge in [-0.05, 0) is 41.8 Å². The number of carbonyl (C=O) groups is 1. The first kappa shape index (κ1) is 22.2. The molecule has 2 fully saturated rings. The lowest BCUT2D eigenvalue weighted by molar-refractivity contribution is -0.123. The van der Waals surface area contributed by atoms with E-state index < -0.39 is 0 Å². The summed E-state index contributed by atoms with van der Waals surface area (Å²) >= 11 is 3.46. The molecule has 0 radical (unpaired) electrons. The summed E-state index contributed by atoms with van der Waals surface area (Å²) in [5, 5.41) is 3.17. The Morgan fingerprint density at radius 3 is 2.55 bits per heavy atom. The summed E-state index contributed by atoms with van der Waals surface area (Å²) in [5.41, 5.74) is 8.73. The maximum absolute atomic E-state index is 12.9. The Kier molecular flexibility index (Phi) is 7.58. The van der Waals surface area contributed by atoms with Gasteiger partial charge in [-0.3, -0.25) is 9.69 Å². The first-order valence-electron chi connectivity index (χ1n) is 10.6. The molecule has 2 saturated heterocycles. The molecule has 7 nitrogen and oxygen atoms in total. The van der Waals surface area contributed by atoms with Gasteiger partial charge < -0.3 is 14.8 Å². The van der Waals surface area contributed by atoms with Crippen LogP contribution in [0.5, 0.6) is 5.75 Å². The Balaban J connectivity index is 1.38. The molecular weight excluding hydrogens is 460 g/mol. The molecule has 2 heterocycles. The lowest BCUT2D eigenvalue weighted by atomic mass is 10.0. The highest BCUT2D eigenvalue weighted by molar-refractivity contribution is 9.10. The third-order valence-corrected chi connectivity index (χ3v) is 6.48. The standard InChI is InChI=1S/C23H29BrN4O3/c1-30-19-8-4-17(5-9-19)22(28-10-12-31-13-11-28)15-25-23(29)21-14-20(26-27-21)16-2-6-18(24)7-3-16/h2-9,20-22,26-27H,10-15H2,1H3,(H,25,29). The number of ether oxygens (including phenoxy) is 2. The number of carbonyl (C=O) groups excluding carboxylic acids is 1. The molecular formula is C23H29BrN4O3. The van der Waals surface area contributed by atoms with E-state index in [0.717, 1.165) is 34.4 Å². The van der Waals surface area contributed by atoms with Crippen molar-refractivity contribution in [2.75, 3.05) is 40.0 Å². The van der Waals surface area contributed by atoms with Crippen molar-refractivity contribution in [3.05, 3.63) is 64.1 Å². The van der Waals surface area contributed by atoms with Crippen molar-refractivity contribution >= 4 is 21.8 Å². The normalized spacial score (nSPS) is 22.8. The summed E-state index contributed by atoms with van der Waals surface area (Å²) < 4.78 is 11.9. The Labute approximate surface area is 191 Å². The van der Waals surface area contributed by atoms with Crippen molar-refractivity contribution in [1.29, 1.82) is 0 Å². The SMILES string of the molecule is COc1ccc(C(CNC(=O)C2CC(c3ccc(Br)cc3)NN2)N2CCOCC2)cc1. The van der Waals surface area contributed by atoms with Gasteiger partial charge in [-0.1, -0.05) is 40.2 Å². The highest BCUT2D eigenvalue weighted by Gasteiger charge is 2.31. The molecule has 0 spiro atoms. The summed E-state index contributed by atoms with van der Waals surface area (Å²) in [4.78, 5) is 15.3. The summed E-state index contributed by atoms with van der Waals surface area (Å²) in [6, 6.07) is 16.2. The molecule has 3 unspecified atom stereocenters. The average Bonchev–Trinajstić information content (AvgIpc) is 3.31. The van der Waals surface area contributed by atoms with E-state index in [1.807, 2.05) is 24.3 Å². The minimum Gasteiger partial charge on any atom is -0.497 e. The van der Waals surface area contributed by atoms with Crippen molar-refractivity contribution < 1.29 is 14.3 Å². The minimum atomic E-state index is -0.269. The first-order chi connectivity index (χ1) is 15.1. The van der Waals surface area contributed by atoms with Gasteiger partial charge >= 0.3 is 0 Å². The third kappa shape index (κ3) is 5.64. The topological polar surface area (TPSA) is 74.9 Å². The fraction of sp³-hybridized carbons (Fsp3) is 0.435. The van der Waals surface area contributed by atoms with Crippen LogP contribution in [0, 0.1) is 0 Å². The molecule has 166 valence electrons. The van der Waals surface area contributed by atoms with E-state index in [4.69, 9.17) is 9.47 Å².